The van der Waals surface area contributed by atoms with Crippen molar-refractivity contribution in [2.75, 3.05) is 19.3 Å². The average Bonchev–Trinajstić information content (AvgIpc) is 3.07. The monoisotopic (exact) mass is 333 g/mol. The summed E-state index contributed by atoms with van der Waals surface area (Å²) in [6, 6.07) is 8.18. The van der Waals surface area contributed by atoms with Crippen molar-refractivity contribution in [3.05, 3.63) is 42.4 Å². The molecule has 0 radical (unpaired) electrons. The van der Waals surface area contributed by atoms with Crippen LogP contribution in [0.15, 0.2) is 36.8 Å². The number of β-amino-alcohol motifs (C(OH)–C–C–N with tert-alkyl or cyclic N) is 1. The highest BCUT2D eigenvalue weighted by Gasteiger charge is 2.41. The molecule has 0 unspecified atom stereocenters. The van der Waals surface area contributed by atoms with Crippen LogP contribution in [-0.4, -0.2) is 52.8 Å². The molecule has 1 fully saturated rings. The normalized spacial score (nSPS) is 27.7. The summed E-state index contributed by atoms with van der Waals surface area (Å²) in [7, 11) is -3.26. The lowest BCUT2D eigenvalue weighted by atomic mass is 9.84. The van der Waals surface area contributed by atoms with Crippen molar-refractivity contribution in [1.29, 1.82) is 0 Å². The van der Waals surface area contributed by atoms with E-state index in [0.717, 1.165) is 11.3 Å². The van der Waals surface area contributed by atoms with E-state index in [0.29, 0.717) is 13.0 Å². The fourth-order valence-electron chi connectivity index (χ4n) is 3.90. The lowest BCUT2D eigenvalue weighted by Crippen LogP contribution is -2.48. The number of nitrogens with zero attached hydrogens (tertiary/aromatic N) is 3. The fraction of sp³-hybridized carbons (Fsp3) is 0.438. The lowest BCUT2D eigenvalue weighted by Gasteiger charge is -2.38. The largest absolute Gasteiger partial charge is 0.391 e. The van der Waals surface area contributed by atoms with Crippen molar-refractivity contribution in [2.45, 2.75) is 18.6 Å². The van der Waals surface area contributed by atoms with Crippen LogP contribution in [0.1, 0.15) is 18.0 Å². The quantitative estimate of drug-likeness (QED) is 0.893. The van der Waals surface area contributed by atoms with Crippen LogP contribution in [0, 0.1) is 5.92 Å². The number of aliphatic hydroxyl groups excluding tert-OH is 1. The van der Waals surface area contributed by atoms with Crippen LogP contribution in [0.4, 0.5) is 0 Å². The van der Waals surface area contributed by atoms with Crippen molar-refractivity contribution in [3.63, 3.8) is 0 Å². The van der Waals surface area contributed by atoms with Gasteiger partial charge in [-0.1, -0.05) is 24.3 Å². The van der Waals surface area contributed by atoms with Crippen LogP contribution >= 0.6 is 0 Å². The number of hydrogen-bond acceptors (Lipinski definition) is 4. The molecule has 1 N–H and O–H groups in total. The predicted octanol–water partition coefficient (Wildman–Crippen LogP) is 1.10. The van der Waals surface area contributed by atoms with Crippen molar-refractivity contribution in [2.24, 2.45) is 5.92 Å². The van der Waals surface area contributed by atoms with Crippen molar-refractivity contribution in [3.8, 4) is 11.3 Å². The Morgan fingerprint density at radius 2 is 2.09 bits per heavy atom. The number of rotatable bonds is 2. The van der Waals surface area contributed by atoms with Crippen LogP contribution in [0.2, 0.25) is 0 Å². The number of sulfonamides is 1. The van der Waals surface area contributed by atoms with Crippen LogP contribution in [0.25, 0.3) is 11.3 Å². The van der Waals surface area contributed by atoms with Gasteiger partial charge in [0.05, 0.1) is 36.6 Å². The van der Waals surface area contributed by atoms with Crippen molar-refractivity contribution in [1.82, 2.24) is 13.9 Å². The second-order valence-corrected chi connectivity index (χ2v) is 8.34. The highest BCUT2D eigenvalue weighted by Crippen LogP contribution is 2.45. The highest BCUT2D eigenvalue weighted by molar-refractivity contribution is 7.88. The van der Waals surface area contributed by atoms with Gasteiger partial charge in [-0.15, -0.1) is 0 Å². The second-order valence-electron chi connectivity index (χ2n) is 6.36. The molecular formula is C16H19N3O3S. The number of fused-ring (bicyclic) bond motifs is 3. The molecule has 0 saturated carbocycles. The van der Waals surface area contributed by atoms with Gasteiger partial charge in [0, 0.05) is 24.6 Å². The van der Waals surface area contributed by atoms with Crippen LogP contribution in [-0.2, 0) is 10.0 Å². The minimum Gasteiger partial charge on any atom is -0.391 e. The number of hydrogen-bond donors (Lipinski definition) is 1. The summed E-state index contributed by atoms with van der Waals surface area (Å²) in [5.74, 6) is -0.0235. The first-order chi connectivity index (χ1) is 11.0. The molecule has 6 nitrogen and oxygen atoms in total. The van der Waals surface area contributed by atoms with E-state index in [2.05, 4.69) is 21.7 Å². The van der Waals surface area contributed by atoms with E-state index in [9.17, 15) is 13.5 Å². The first kappa shape index (κ1) is 14.9. The first-order valence-electron chi connectivity index (χ1n) is 7.71. The zero-order chi connectivity index (χ0) is 16.2. The van der Waals surface area contributed by atoms with Crippen LogP contribution in [0.5, 0.6) is 0 Å². The third-order valence-corrected chi connectivity index (χ3v) is 6.26. The van der Waals surface area contributed by atoms with Crippen molar-refractivity contribution < 1.29 is 13.5 Å². The summed E-state index contributed by atoms with van der Waals surface area (Å²) in [6.07, 6.45) is 4.78. The summed E-state index contributed by atoms with van der Waals surface area (Å²) in [4.78, 5) is 4.24. The average molecular weight is 333 g/mol. The molecule has 7 heteroatoms. The number of benzene rings is 1. The highest BCUT2D eigenvalue weighted by atomic mass is 32.2. The Bertz CT molecular complexity index is 846. The molecule has 1 aromatic heterocycles. The van der Waals surface area contributed by atoms with E-state index >= 15 is 0 Å². The zero-order valence-corrected chi connectivity index (χ0v) is 13.6. The van der Waals surface area contributed by atoms with E-state index in [1.54, 1.807) is 6.33 Å². The Morgan fingerprint density at radius 1 is 1.30 bits per heavy atom. The second kappa shape index (κ2) is 5.15. The van der Waals surface area contributed by atoms with Crippen molar-refractivity contribution >= 4 is 10.0 Å². The molecule has 0 amide bonds. The summed E-state index contributed by atoms with van der Waals surface area (Å²) in [5, 5.41) is 10.6. The first-order valence-corrected chi connectivity index (χ1v) is 9.56. The van der Waals surface area contributed by atoms with Gasteiger partial charge in [-0.3, -0.25) is 0 Å². The van der Waals surface area contributed by atoms with Crippen LogP contribution < -0.4 is 0 Å². The van der Waals surface area contributed by atoms with Gasteiger partial charge in [0.2, 0.25) is 10.0 Å². The minimum absolute atomic E-state index is 0.0143. The van der Waals surface area contributed by atoms with Gasteiger partial charge in [-0.05, 0) is 12.0 Å². The van der Waals surface area contributed by atoms with Crippen LogP contribution in [0.3, 0.4) is 0 Å². The Hall–Kier alpha value is -1.70. The molecule has 4 rings (SSSR count). The molecule has 0 aliphatic carbocycles. The van der Waals surface area contributed by atoms with Gasteiger partial charge in [0.1, 0.15) is 0 Å². The maximum absolute atomic E-state index is 11.7. The third-order valence-electron chi connectivity index (χ3n) is 4.99. The molecular weight excluding hydrogens is 314 g/mol. The molecule has 3 heterocycles. The molecule has 2 aromatic rings. The smallest absolute Gasteiger partial charge is 0.211 e. The van der Waals surface area contributed by atoms with Gasteiger partial charge in [0.25, 0.3) is 0 Å². The summed E-state index contributed by atoms with van der Waals surface area (Å²) >= 11 is 0. The van der Waals surface area contributed by atoms with E-state index in [1.165, 1.54) is 16.1 Å². The Labute approximate surface area is 135 Å². The number of piperidine rings is 1. The summed E-state index contributed by atoms with van der Waals surface area (Å²) < 4.78 is 26.9. The lowest BCUT2D eigenvalue weighted by molar-refractivity contribution is 0.0345. The van der Waals surface area contributed by atoms with E-state index in [1.807, 2.05) is 18.3 Å². The molecule has 3 atom stereocenters. The molecule has 122 valence electrons. The zero-order valence-electron chi connectivity index (χ0n) is 12.8. The topological polar surface area (TPSA) is 75.4 Å². The van der Waals surface area contributed by atoms with Gasteiger partial charge >= 0.3 is 0 Å². The SMILES string of the molecule is CS(=O)(=O)N1CC[C@H]([C@@H]2c3ccccc3-c3cncn32)[C@@H](O)C1. The molecule has 0 bridgehead atoms. The molecule has 2 aliphatic heterocycles. The Balaban J connectivity index is 1.70. The Kier molecular flexibility index (Phi) is 3.33. The summed E-state index contributed by atoms with van der Waals surface area (Å²) in [6.45, 7) is 0.607. The molecule has 1 aromatic carbocycles. The van der Waals surface area contributed by atoms with E-state index in [4.69, 9.17) is 0 Å². The minimum atomic E-state index is -3.26. The molecule has 1 saturated heterocycles. The predicted molar refractivity (Wildman–Crippen MR) is 86.3 cm³/mol. The third kappa shape index (κ3) is 2.31. The number of aliphatic hydroxyl groups is 1. The molecule has 23 heavy (non-hydrogen) atoms. The maximum Gasteiger partial charge on any atom is 0.211 e. The number of imidazole rings is 1. The Morgan fingerprint density at radius 3 is 2.83 bits per heavy atom. The maximum atomic E-state index is 11.7. The number of aromatic nitrogens is 2. The van der Waals surface area contributed by atoms with E-state index < -0.39 is 16.1 Å². The summed E-state index contributed by atoms with van der Waals surface area (Å²) in [5.41, 5.74) is 3.39. The van der Waals surface area contributed by atoms with Gasteiger partial charge < -0.3 is 9.67 Å². The van der Waals surface area contributed by atoms with Gasteiger partial charge in [0.15, 0.2) is 0 Å². The molecule has 2 aliphatic rings. The van der Waals surface area contributed by atoms with Gasteiger partial charge in [-0.2, -0.15) is 4.31 Å². The van der Waals surface area contributed by atoms with E-state index in [-0.39, 0.29) is 18.5 Å². The standard InChI is InChI=1S/C16H19N3O3S/c1-23(21,22)18-7-6-13(15(20)9-18)16-12-5-3-2-4-11(12)14-8-17-10-19(14)16/h2-5,8,10,13,15-16,20H,6-7,9H2,1H3/t13-,15-,16-/m0/s1. The fourth-order valence-corrected chi connectivity index (χ4v) is 4.76. The van der Waals surface area contributed by atoms with Gasteiger partial charge in [-0.25, -0.2) is 13.4 Å². The molecule has 0 spiro atoms.